The summed E-state index contributed by atoms with van der Waals surface area (Å²) in [5, 5.41) is 11.0. The number of carbonyl (C=O) groups is 2. The molecule has 4 unspecified atom stereocenters. The number of fused-ring (bicyclic) bond motifs is 2. The maximum absolute atomic E-state index is 12.3. The van der Waals surface area contributed by atoms with Gasteiger partial charge in [0.2, 0.25) is 0 Å². The van der Waals surface area contributed by atoms with Crippen molar-refractivity contribution in [1.29, 1.82) is 0 Å². The van der Waals surface area contributed by atoms with Crippen LogP contribution < -0.4 is 4.74 Å². The van der Waals surface area contributed by atoms with Crippen molar-refractivity contribution in [3.05, 3.63) is 65.2 Å². The second-order valence-electron chi connectivity index (χ2n) is 10.7. The van der Waals surface area contributed by atoms with Crippen LogP contribution in [0.15, 0.2) is 48.5 Å². The highest BCUT2D eigenvalue weighted by Gasteiger charge is 2.45. The van der Waals surface area contributed by atoms with Crippen LogP contribution in [-0.2, 0) is 33.7 Å². The predicted octanol–water partition coefficient (Wildman–Crippen LogP) is 6.63. The average Bonchev–Trinajstić information content (AvgIpc) is 3.22. The first-order valence-electron chi connectivity index (χ1n) is 13.9. The number of esters is 1. The Balaban J connectivity index is 1.33. The summed E-state index contributed by atoms with van der Waals surface area (Å²) in [6.07, 6.45) is 7.39. The maximum Gasteiger partial charge on any atom is 0.404 e. The van der Waals surface area contributed by atoms with E-state index >= 15 is 0 Å². The smallest absolute Gasteiger partial charge is 0.404 e. The fraction of sp³-hybridized carbons (Fsp3) is 0.548. The van der Waals surface area contributed by atoms with Crippen LogP contribution in [0.4, 0.5) is 4.79 Å². The minimum atomic E-state index is -0.751. The van der Waals surface area contributed by atoms with E-state index in [0.29, 0.717) is 18.3 Å². The van der Waals surface area contributed by atoms with Gasteiger partial charge in [0.05, 0.1) is 6.10 Å². The fourth-order valence-electron chi connectivity index (χ4n) is 6.25. The van der Waals surface area contributed by atoms with Crippen molar-refractivity contribution >= 4 is 23.0 Å². The van der Waals surface area contributed by atoms with Gasteiger partial charge in [0.25, 0.3) is 0 Å². The van der Waals surface area contributed by atoms with Crippen molar-refractivity contribution in [2.24, 2.45) is 17.8 Å². The van der Waals surface area contributed by atoms with Gasteiger partial charge < -0.3 is 19.3 Å². The highest BCUT2D eigenvalue weighted by atomic mass is 35.5. The fourth-order valence-corrected chi connectivity index (χ4v) is 6.38. The summed E-state index contributed by atoms with van der Waals surface area (Å²) < 4.78 is 16.7. The molecule has 1 N–H and O–H groups in total. The van der Waals surface area contributed by atoms with Crippen molar-refractivity contribution in [3.8, 4) is 5.75 Å². The SMILES string of the molecule is CCCCCC(CCC1C2Cc3cccc(OCC(=O)OCc4ccccc4)c3CC2C[C@H]1O)OC(=O)Cl. The molecule has 5 atom stereocenters. The van der Waals surface area contributed by atoms with Gasteiger partial charge in [-0.2, -0.15) is 0 Å². The first-order chi connectivity index (χ1) is 18.4. The summed E-state index contributed by atoms with van der Waals surface area (Å²) in [5.41, 5.74) is 2.53. The molecule has 0 saturated heterocycles. The van der Waals surface area contributed by atoms with Crippen LogP contribution >= 0.6 is 11.6 Å². The number of halogens is 1. The highest BCUT2D eigenvalue weighted by Crippen LogP contribution is 2.48. The van der Waals surface area contributed by atoms with Gasteiger partial charge in [-0.25, -0.2) is 9.59 Å². The molecule has 6 nitrogen and oxygen atoms in total. The summed E-state index contributed by atoms with van der Waals surface area (Å²) in [4.78, 5) is 23.7. The summed E-state index contributed by atoms with van der Waals surface area (Å²) in [7, 11) is 0. The van der Waals surface area contributed by atoms with Gasteiger partial charge in [0.1, 0.15) is 18.5 Å². The minimum absolute atomic E-state index is 0.138. The Bertz CT molecular complexity index is 1060. The molecule has 0 bridgehead atoms. The van der Waals surface area contributed by atoms with Crippen molar-refractivity contribution in [2.45, 2.75) is 83.5 Å². The lowest BCUT2D eigenvalue weighted by Gasteiger charge is -2.32. The summed E-state index contributed by atoms with van der Waals surface area (Å²) in [5.74, 6) is 1.20. The molecule has 2 aromatic carbocycles. The molecule has 4 rings (SSSR count). The third-order valence-corrected chi connectivity index (χ3v) is 8.23. The first kappa shape index (κ1) is 28.4. The van der Waals surface area contributed by atoms with Gasteiger partial charge in [-0.15, -0.1) is 0 Å². The van der Waals surface area contributed by atoms with Crippen LogP contribution in [-0.4, -0.2) is 35.3 Å². The van der Waals surface area contributed by atoms with E-state index in [9.17, 15) is 14.7 Å². The zero-order chi connectivity index (χ0) is 26.9. The molecule has 0 aliphatic heterocycles. The van der Waals surface area contributed by atoms with Crippen LogP contribution in [0, 0.1) is 17.8 Å². The van der Waals surface area contributed by atoms with Gasteiger partial charge in [-0.1, -0.05) is 62.2 Å². The molecule has 1 fully saturated rings. The van der Waals surface area contributed by atoms with E-state index in [2.05, 4.69) is 13.0 Å². The van der Waals surface area contributed by atoms with E-state index in [0.717, 1.165) is 68.2 Å². The molecule has 7 heteroatoms. The van der Waals surface area contributed by atoms with E-state index < -0.39 is 11.4 Å². The maximum atomic E-state index is 12.3. The molecule has 0 heterocycles. The summed E-state index contributed by atoms with van der Waals surface area (Å²) in [6.45, 7) is 2.23. The second-order valence-corrected chi connectivity index (χ2v) is 11.0. The lowest BCUT2D eigenvalue weighted by atomic mass is 9.73. The lowest BCUT2D eigenvalue weighted by Crippen LogP contribution is -2.28. The number of carbonyl (C=O) groups excluding carboxylic acids is 2. The van der Waals surface area contributed by atoms with E-state index in [4.69, 9.17) is 25.8 Å². The molecule has 0 spiro atoms. The number of hydrogen-bond acceptors (Lipinski definition) is 6. The quantitative estimate of drug-likeness (QED) is 0.174. The number of benzene rings is 2. The van der Waals surface area contributed by atoms with Crippen LogP contribution in [0.1, 0.15) is 68.6 Å². The van der Waals surface area contributed by atoms with Crippen LogP contribution in [0.25, 0.3) is 0 Å². The minimum Gasteiger partial charge on any atom is -0.482 e. The zero-order valence-electron chi connectivity index (χ0n) is 22.2. The van der Waals surface area contributed by atoms with Gasteiger partial charge in [0.15, 0.2) is 6.61 Å². The molecule has 38 heavy (non-hydrogen) atoms. The first-order valence-corrected chi connectivity index (χ1v) is 14.3. The molecule has 0 radical (unpaired) electrons. The van der Waals surface area contributed by atoms with Crippen molar-refractivity contribution < 1.29 is 28.9 Å². The van der Waals surface area contributed by atoms with E-state index in [1.807, 2.05) is 42.5 Å². The standard InChI is InChI=1S/C31H39ClO6/c1-2-3-5-12-24(38-31(32)35)14-15-25-26-16-22-11-8-13-29(27(22)17-23(26)18-28(25)33)36-20-30(34)37-19-21-9-6-4-7-10-21/h4,6-11,13,23-26,28,33H,2-3,5,12,14-20H2,1H3/t23?,24?,25?,26?,28-/m1/s1. The molecule has 206 valence electrons. The molecular formula is C31H39ClO6. The molecule has 0 amide bonds. The second kappa shape index (κ2) is 14.0. The Morgan fingerprint density at radius 2 is 1.87 bits per heavy atom. The third-order valence-electron chi connectivity index (χ3n) is 8.15. The average molecular weight is 543 g/mol. The molecule has 2 aromatic rings. The predicted molar refractivity (Wildman–Crippen MR) is 146 cm³/mol. The number of rotatable bonds is 13. The van der Waals surface area contributed by atoms with Crippen molar-refractivity contribution in [1.82, 2.24) is 0 Å². The van der Waals surface area contributed by atoms with Gasteiger partial charge in [0, 0.05) is 11.6 Å². The number of aliphatic hydroxyl groups is 1. The van der Waals surface area contributed by atoms with E-state index in [-0.39, 0.29) is 31.3 Å². The number of unbranched alkanes of at least 4 members (excludes halogenated alkanes) is 2. The van der Waals surface area contributed by atoms with Crippen LogP contribution in [0.3, 0.4) is 0 Å². The Kier molecular flexibility index (Phi) is 10.5. The van der Waals surface area contributed by atoms with E-state index in [1.165, 1.54) is 5.56 Å². The number of ether oxygens (including phenoxy) is 3. The van der Waals surface area contributed by atoms with Crippen LogP contribution in [0.2, 0.25) is 0 Å². The topological polar surface area (TPSA) is 82.1 Å². The normalized spacial score (nSPS) is 22.7. The lowest BCUT2D eigenvalue weighted by molar-refractivity contribution is -0.147. The van der Waals surface area contributed by atoms with Crippen LogP contribution in [0.5, 0.6) is 5.75 Å². The highest BCUT2D eigenvalue weighted by molar-refractivity contribution is 6.61. The number of hydrogen-bond donors (Lipinski definition) is 1. The monoisotopic (exact) mass is 542 g/mol. The van der Waals surface area contributed by atoms with Crippen molar-refractivity contribution in [3.63, 3.8) is 0 Å². The Morgan fingerprint density at radius 3 is 2.63 bits per heavy atom. The summed E-state index contributed by atoms with van der Waals surface area (Å²) >= 11 is 5.53. The van der Waals surface area contributed by atoms with E-state index in [1.54, 1.807) is 0 Å². The molecular weight excluding hydrogens is 504 g/mol. The molecule has 2 aliphatic rings. The largest absolute Gasteiger partial charge is 0.482 e. The number of aliphatic hydroxyl groups excluding tert-OH is 1. The zero-order valence-corrected chi connectivity index (χ0v) is 22.9. The molecule has 1 saturated carbocycles. The van der Waals surface area contributed by atoms with Gasteiger partial charge >= 0.3 is 11.4 Å². The Hall–Kier alpha value is -2.57. The third kappa shape index (κ3) is 7.73. The Morgan fingerprint density at radius 1 is 1.05 bits per heavy atom. The van der Waals surface area contributed by atoms with Gasteiger partial charge in [-0.3, -0.25) is 0 Å². The van der Waals surface area contributed by atoms with Gasteiger partial charge in [-0.05, 0) is 85.5 Å². The molecule has 0 aromatic heterocycles. The molecule has 2 aliphatic carbocycles. The Labute approximate surface area is 230 Å². The van der Waals surface area contributed by atoms with Crippen molar-refractivity contribution in [2.75, 3.05) is 6.61 Å². The summed E-state index contributed by atoms with van der Waals surface area (Å²) in [6, 6.07) is 15.6.